The molecule has 0 saturated carbocycles. The van der Waals surface area contributed by atoms with Crippen molar-refractivity contribution in [3.63, 3.8) is 0 Å². The van der Waals surface area contributed by atoms with Gasteiger partial charge in [0.2, 0.25) is 0 Å². The normalized spacial score (nSPS) is 16.8. The molecule has 0 radical (unpaired) electrons. The van der Waals surface area contributed by atoms with Gasteiger partial charge in [-0.2, -0.15) is 0 Å². The zero-order valence-corrected chi connectivity index (χ0v) is 82.5. The van der Waals surface area contributed by atoms with Crippen molar-refractivity contribution in [1.29, 1.82) is 0 Å². The molecule has 0 aliphatic carbocycles. The van der Waals surface area contributed by atoms with Crippen LogP contribution < -0.4 is 0 Å². The van der Waals surface area contributed by atoms with Crippen LogP contribution in [0.3, 0.4) is 0 Å². The Morgan fingerprint density at radius 2 is 0.381 bits per heavy atom. The number of ether oxygens (including phenoxy) is 21. The number of unbranched alkanes of at least 4 members (excludes halogenated alkanes) is 7. The monoisotopic (exact) mass is 1920 g/mol. The standard InChI is InChI=1S/C92H144O42/c1-28-29-30-31-32-33-34-35-36-73(115-53(8)94)41-81(123-61(16)102)87(129-67(22)108)91(133-71(26)112)89(131-69(24)110)83(125-63(18)104)45-84(126-64(19)105)90(132-70(25)111)92(134-72(27)113)88(130-68(23)109)82(124-62(17)103)43-76(118-56(11)97)40-74(116-54(9)95)39-75(117-55(10)96)42-77(119-57(12)98)49(4)85(127-65(20)106)50(5)78(120-58(13)99)44-79(121-59(14)100)51(6)86(128-66(21)107)80(122-60(15)101)38-47(2)37-48(3)46-114-52(7)93/h47-51,73-92H,28-46H2,1-27H3/t47-,48+,49?,50?,51?,73-,74?,75?,76?,77?,78?,79?,80?,81?,82?,83-,84?,85?,86?,87-,88?,89-,90?,91-,92?/m1/s1. The van der Waals surface area contributed by atoms with Gasteiger partial charge in [0.25, 0.3) is 0 Å². The molecule has 764 valence electrons. The Hall–Kier alpha value is -11.1. The third-order valence-corrected chi connectivity index (χ3v) is 20.6. The maximum atomic E-state index is 13.8. The topological polar surface area (TPSA) is 552 Å². The van der Waals surface area contributed by atoms with E-state index in [4.69, 9.17) is 99.5 Å². The number of hydrogen-bond acceptors (Lipinski definition) is 42. The summed E-state index contributed by atoms with van der Waals surface area (Å²) in [6, 6.07) is 0. The second kappa shape index (κ2) is 63.9. The first kappa shape index (κ1) is 123. The van der Waals surface area contributed by atoms with Crippen molar-refractivity contribution in [2.24, 2.45) is 29.6 Å². The summed E-state index contributed by atoms with van der Waals surface area (Å²) >= 11 is 0. The number of hydrogen-bond donors (Lipinski definition) is 0. The van der Waals surface area contributed by atoms with Crippen molar-refractivity contribution < 1.29 is 200 Å². The van der Waals surface area contributed by atoms with Gasteiger partial charge in [-0.3, -0.25) is 101 Å². The molecule has 0 aromatic rings. The second-order valence-corrected chi connectivity index (χ2v) is 33.7. The Labute approximate surface area is 783 Å². The lowest BCUT2D eigenvalue weighted by Gasteiger charge is -2.41. The molecular weight excluding hydrogens is 1780 g/mol. The lowest BCUT2D eigenvalue weighted by Crippen LogP contribution is -2.59. The average Bonchev–Trinajstić information content (AvgIpc) is 0.755. The Bertz CT molecular complexity index is 3850. The van der Waals surface area contributed by atoms with Gasteiger partial charge in [-0.15, -0.1) is 0 Å². The molecule has 0 spiro atoms. The van der Waals surface area contributed by atoms with Gasteiger partial charge < -0.3 is 99.5 Å². The molecule has 0 aliphatic rings. The van der Waals surface area contributed by atoms with Crippen LogP contribution in [0.2, 0.25) is 0 Å². The molecule has 0 fully saturated rings. The summed E-state index contributed by atoms with van der Waals surface area (Å²) in [5.74, 6) is -26.5. The summed E-state index contributed by atoms with van der Waals surface area (Å²) in [6.07, 6.45) is -35.3. The van der Waals surface area contributed by atoms with Gasteiger partial charge in [-0.25, -0.2) is 0 Å². The van der Waals surface area contributed by atoms with Crippen LogP contribution in [0.5, 0.6) is 0 Å². The second-order valence-electron chi connectivity index (χ2n) is 33.7. The highest BCUT2D eigenvalue weighted by atomic mass is 16.7. The first-order valence-electron chi connectivity index (χ1n) is 44.8. The fraction of sp³-hybridized carbons (Fsp3) is 0.772. The van der Waals surface area contributed by atoms with Gasteiger partial charge in [-0.1, -0.05) is 86.5 Å². The fourth-order valence-corrected chi connectivity index (χ4v) is 16.1. The van der Waals surface area contributed by atoms with Crippen LogP contribution in [0.15, 0.2) is 0 Å². The minimum Gasteiger partial charge on any atom is -0.466 e. The molecule has 42 nitrogen and oxygen atoms in total. The Morgan fingerprint density at radius 1 is 0.172 bits per heavy atom. The quantitative estimate of drug-likeness (QED) is 0.0310. The van der Waals surface area contributed by atoms with Crippen LogP contribution in [0.4, 0.5) is 0 Å². The van der Waals surface area contributed by atoms with Crippen LogP contribution in [0.25, 0.3) is 0 Å². The molecule has 0 bridgehead atoms. The van der Waals surface area contributed by atoms with E-state index >= 15 is 0 Å². The van der Waals surface area contributed by atoms with Gasteiger partial charge in [-0.05, 0) is 37.5 Å². The number of carbonyl (C=O) groups is 21. The number of rotatable bonds is 64. The first-order valence-corrected chi connectivity index (χ1v) is 44.8. The molecule has 18 unspecified atom stereocenters. The summed E-state index contributed by atoms with van der Waals surface area (Å²) in [5, 5.41) is 0. The van der Waals surface area contributed by atoms with Gasteiger partial charge in [0, 0.05) is 208 Å². The molecule has 0 N–H and O–H groups in total. The van der Waals surface area contributed by atoms with Crippen molar-refractivity contribution in [3.8, 4) is 0 Å². The molecular formula is C92H144O42. The molecule has 0 aliphatic heterocycles. The van der Waals surface area contributed by atoms with Crippen molar-refractivity contribution in [1.82, 2.24) is 0 Å². The molecule has 0 amide bonds. The van der Waals surface area contributed by atoms with Crippen LogP contribution >= 0.6 is 0 Å². The molecule has 0 aromatic heterocycles. The Balaban J connectivity index is 9.09. The predicted molar refractivity (Wildman–Crippen MR) is 462 cm³/mol. The van der Waals surface area contributed by atoms with Crippen LogP contribution in [-0.4, -0.2) is 254 Å². The highest BCUT2D eigenvalue weighted by molar-refractivity contribution is 5.74. The van der Waals surface area contributed by atoms with E-state index in [0.717, 1.165) is 177 Å². The van der Waals surface area contributed by atoms with E-state index in [1.807, 2.05) is 13.8 Å². The summed E-state index contributed by atoms with van der Waals surface area (Å²) in [4.78, 5) is 281. The molecule has 0 heterocycles. The molecule has 0 aromatic carbocycles. The summed E-state index contributed by atoms with van der Waals surface area (Å²) < 4.78 is 122. The zero-order chi connectivity index (χ0) is 103. The van der Waals surface area contributed by atoms with Crippen LogP contribution in [-0.2, 0) is 200 Å². The van der Waals surface area contributed by atoms with Crippen molar-refractivity contribution in [3.05, 3.63) is 0 Å². The third-order valence-electron chi connectivity index (χ3n) is 20.6. The zero-order valence-electron chi connectivity index (χ0n) is 82.5. The van der Waals surface area contributed by atoms with Crippen molar-refractivity contribution in [2.45, 2.75) is 425 Å². The number of esters is 21. The van der Waals surface area contributed by atoms with Crippen LogP contribution in [0, 0.1) is 29.6 Å². The van der Waals surface area contributed by atoms with Crippen molar-refractivity contribution in [2.75, 3.05) is 6.61 Å². The highest BCUT2D eigenvalue weighted by Crippen LogP contribution is 2.38. The maximum Gasteiger partial charge on any atom is 0.303 e. The van der Waals surface area contributed by atoms with Crippen LogP contribution in [0.1, 0.15) is 303 Å². The van der Waals surface area contributed by atoms with Crippen molar-refractivity contribution >= 4 is 125 Å². The molecule has 0 saturated heterocycles. The lowest BCUT2D eigenvalue weighted by atomic mass is 9.80. The predicted octanol–water partition coefficient (Wildman–Crippen LogP) is 9.41. The van der Waals surface area contributed by atoms with E-state index in [2.05, 4.69) is 6.92 Å². The highest BCUT2D eigenvalue weighted by Gasteiger charge is 2.54. The van der Waals surface area contributed by atoms with Gasteiger partial charge in [0.05, 0.1) is 6.61 Å². The van der Waals surface area contributed by atoms with E-state index in [0.29, 0.717) is 19.3 Å². The lowest BCUT2D eigenvalue weighted by molar-refractivity contribution is -0.222. The van der Waals surface area contributed by atoms with E-state index in [1.54, 1.807) is 0 Å². The third kappa shape index (κ3) is 53.7. The Morgan fingerprint density at radius 3 is 0.679 bits per heavy atom. The number of carbonyl (C=O) groups excluding carboxylic acids is 21. The fourth-order valence-electron chi connectivity index (χ4n) is 16.1. The molecule has 25 atom stereocenters. The minimum absolute atomic E-state index is 0.0488. The first-order chi connectivity index (χ1) is 62.2. The van der Waals surface area contributed by atoms with E-state index in [9.17, 15) is 101 Å². The maximum absolute atomic E-state index is 13.8. The largest absolute Gasteiger partial charge is 0.466 e. The molecule has 0 rings (SSSR count). The summed E-state index contributed by atoms with van der Waals surface area (Å²) in [6.45, 7) is 30.0. The molecule has 134 heavy (non-hydrogen) atoms. The molecule has 42 heteroatoms. The summed E-state index contributed by atoms with van der Waals surface area (Å²) in [5.41, 5.74) is 0. The van der Waals surface area contributed by atoms with E-state index < -0.39 is 310 Å². The van der Waals surface area contributed by atoms with E-state index in [-0.39, 0.29) is 31.3 Å². The SMILES string of the molecule is CCCCCCCCCC[C@H](CC(OC(C)=O)[C@@H](OC(C)=O)[C@@H](OC(C)=O)[C@H](OC(C)=O)[C@@H](CC(OC(C)=O)C(OC(C)=O)C(OC(C)=O)C(OC(C)=O)C(CC(CC(CC(CC(OC(C)=O)C(C)C(OC(C)=O)C(C)C(CC(OC(C)=O)C(C)C(OC(C)=O)C(C[C@H](C)C[C@H](C)COC(C)=O)OC(C)=O)OC(C)=O)OC(C)=O)OC(C)=O)OC(C)=O)OC(C)=O)OC(C)=O)OC(C)=O. The minimum atomic E-state index is -2.49. The van der Waals surface area contributed by atoms with E-state index in [1.165, 1.54) is 27.7 Å². The smallest absolute Gasteiger partial charge is 0.303 e. The van der Waals surface area contributed by atoms with Gasteiger partial charge in [0.1, 0.15) is 85.5 Å². The van der Waals surface area contributed by atoms with Gasteiger partial charge >= 0.3 is 125 Å². The summed E-state index contributed by atoms with van der Waals surface area (Å²) in [7, 11) is 0. The Kier molecular flexibility index (Phi) is 58.6. The van der Waals surface area contributed by atoms with Gasteiger partial charge in [0.15, 0.2) is 36.6 Å². The average molecular weight is 1920 g/mol.